The van der Waals surface area contributed by atoms with Crippen molar-refractivity contribution in [3.63, 3.8) is 0 Å². The molecule has 2 aromatic rings. The monoisotopic (exact) mass is 338 g/mol. The van der Waals surface area contributed by atoms with Crippen molar-refractivity contribution >= 4 is 17.5 Å². The summed E-state index contributed by atoms with van der Waals surface area (Å²) in [5.74, 6) is -0.0643. The topological polar surface area (TPSA) is 49.4 Å². The van der Waals surface area contributed by atoms with Gasteiger partial charge in [-0.25, -0.2) is 0 Å². The number of hydrogen-bond donors (Lipinski definition) is 1. The second kappa shape index (κ2) is 8.47. The molecule has 0 unspecified atom stereocenters. The lowest BCUT2D eigenvalue weighted by Crippen LogP contribution is -2.38. The van der Waals surface area contributed by atoms with E-state index in [9.17, 15) is 9.59 Å². The fourth-order valence-corrected chi connectivity index (χ4v) is 2.84. The fourth-order valence-electron chi connectivity index (χ4n) is 2.84. The molecule has 2 rings (SSSR count). The van der Waals surface area contributed by atoms with Gasteiger partial charge in [-0.15, -0.1) is 0 Å². The van der Waals surface area contributed by atoms with E-state index in [0.717, 1.165) is 22.4 Å². The summed E-state index contributed by atoms with van der Waals surface area (Å²) >= 11 is 0. The van der Waals surface area contributed by atoms with E-state index < -0.39 is 0 Å². The number of nitrogens with one attached hydrogen (secondary N) is 1. The van der Waals surface area contributed by atoms with Gasteiger partial charge in [-0.1, -0.05) is 35.9 Å². The molecular weight excluding hydrogens is 312 g/mol. The minimum Gasteiger partial charge on any atom is -0.354 e. The first kappa shape index (κ1) is 18.7. The molecule has 0 saturated carbocycles. The Bertz CT molecular complexity index is 731. The van der Waals surface area contributed by atoms with Gasteiger partial charge in [-0.3, -0.25) is 9.59 Å². The summed E-state index contributed by atoms with van der Waals surface area (Å²) < 4.78 is 0. The van der Waals surface area contributed by atoms with Gasteiger partial charge in [-0.2, -0.15) is 0 Å². The van der Waals surface area contributed by atoms with Gasteiger partial charge in [0.1, 0.15) is 0 Å². The van der Waals surface area contributed by atoms with Crippen LogP contribution in [0.5, 0.6) is 0 Å². The maximum absolute atomic E-state index is 12.1. The highest BCUT2D eigenvalue weighted by atomic mass is 16.2. The number of anilines is 1. The Balaban J connectivity index is 1.92. The Morgan fingerprint density at radius 3 is 2.08 bits per heavy atom. The molecule has 2 aromatic carbocycles. The van der Waals surface area contributed by atoms with Crippen LogP contribution in [0.1, 0.15) is 29.2 Å². The maximum Gasteiger partial charge on any atom is 0.224 e. The number of hydrogen-bond acceptors (Lipinski definition) is 2. The maximum atomic E-state index is 12.1. The van der Waals surface area contributed by atoms with Crippen LogP contribution in [0, 0.1) is 20.8 Å². The molecule has 0 aliphatic heterocycles. The summed E-state index contributed by atoms with van der Waals surface area (Å²) in [6.45, 7) is 8.48. The van der Waals surface area contributed by atoms with Crippen LogP contribution in [0.2, 0.25) is 0 Å². The first-order valence-corrected chi connectivity index (χ1v) is 8.54. The third-order valence-corrected chi connectivity index (χ3v) is 4.04. The zero-order chi connectivity index (χ0) is 18.4. The van der Waals surface area contributed by atoms with Gasteiger partial charge in [0.25, 0.3) is 0 Å². The summed E-state index contributed by atoms with van der Waals surface area (Å²) in [5.41, 5.74) is 5.27. The predicted molar refractivity (Wildman–Crippen MR) is 102 cm³/mol. The lowest BCUT2D eigenvalue weighted by atomic mass is 10.1. The molecule has 0 radical (unpaired) electrons. The number of carbonyl (C=O) groups is 2. The van der Waals surface area contributed by atoms with Gasteiger partial charge in [0.2, 0.25) is 11.8 Å². The molecule has 0 aliphatic carbocycles. The number of benzene rings is 2. The first-order valence-electron chi connectivity index (χ1n) is 8.54. The molecule has 0 aromatic heterocycles. The average Bonchev–Trinajstić information content (AvgIpc) is 2.52. The van der Waals surface area contributed by atoms with E-state index in [1.165, 1.54) is 5.56 Å². The average molecular weight is 338 g/mol. The largest absolute Gasteiger partial charge is 0.354 e. The summed E-state index contributed by atoms with van der Waals surface area (Å²) in [6, 6.07) is 14.0. The zero-order valence-corrected chi connectivity index (χ0v) is 15.4. The molecule has 2 amide bonds. The van der Waals surface area contributed by atoms with E-state index in [-0.39, 0.29) is 11.8 Å². The number of aryl methyl sites for hydroxylation is 3. The second-order valence-corrected chi connectivity index (χ2v) is 6.53. The van der Waals surface area contributed by atoms with Crippen LogP contribution in [0.4, 0.5) is 5.69 Å². The molecule has 0 heterocycles. The Kier molecular flexibility index (Phi) is 6.34. The van der Waals surface area contributed by atoms with E-state index in [4.69, 9.17) is 0 Å². The summed E-state index contributed by atoms with van der Waals surface area (Å²) in [5, 5.41) is 2.90. The molecule has 0 bridgehead atoms. The third-order valence-electron chi connectivity index (χ3n) is 4.04. The standard InChI is InChI=1S/C21H26N2O2/c1-15-5-7-19(8-6-15)14-21(25)22-9-10-23(18(4)24)20-12-16(2)11-17(3)13-20/h5-8,11-13H,9-10,14H2,1-4H3,(H,22,25). The Morgan fingerprint density at radius 2 is 1.52 bits per heavy atom. The van der Waals surface area contributed by atoms with Crippen molar-refractivity contribution in [2.24, 2.45) is 0 Å². The van der Waals surface area contributed by atoms with E-state index in [0.29, 0.717) is 19.5 Å². The van der Waals surface area contributed by atoms with Gasteiger partial charge in [0.05, 0.1) is 6.42 Å². The van der Waals surface area contributed by atoms with Gasteiger partial charge in [0, 0.05) is 25.7 Å². The minimum atomic E-state index is -0.0345. The summed E-state index contributed by atoms with van der Waals surface area (Å²) in [6.07, 6.45) is 0.351. The molecule has 25 heavy (non-hydrogen) atoms. The fraction of sp³-hybridized carbons (Fsp3) is 0.333. The van der Waals surface area contributed by atoms with Gasteiger partial charge in [0.15, 0.2) is 0 Å². The molecule has 0 spiro atoms. The summed E-state index contributed by atoms with van der Waals surface area (Å²) in [7, 11) is 0. The minimum absolute atomic E-state index is 0.0298. The lowest BCUT2D eigenvalue weighted by Gasteiger charge is -2.22. The normalized spacial score (nSPS) is 10.4. The van der Waals surface area contributed by atoms with Crippen molar-refractivity contribution < 1.29 is 9.59 Å². The van der Waals surface area contributed by atoms with Crippen molar-refractivity contribution in [2.45, 2.75) is 34.1 Å². The van der Waals surface area contributed by atoms with Gasteiger partial charge in [-0.05, 0) is 49.6 Å². The second-order valence-electron chi connectivity index (χ2n) is 6.53. The van der Waals surface area contributed by atoms with Crippen LogP contribution in [0.3, 0.4) is 0 Å². The lowest BCUT2D eigenvalue weighted by molar-refractivity contribution is -0.121. The Morgan fingerprint density at radius 1 is 0.920 bits per heavy atom. The van der Waals surface area contributed by atoms with Crippen LogP contribution in [0.25, 0.3) is 0 Å². The van der Waals surface area contributed by atoms with E-state index >= 15 is 0 Å². The third kappa shape index (κ3) is 5.75. The van der Waals surface area contributed by atoms with Crippen LogP contribution >= 0.6 is 0 Å². The van der Waals surface area contributed by atoms with Crippen LogP contribution < -0.4 is 10.2 Å². The Hall–Kier alpha value is -2.62. The molecule has 132 valence electrons. The van der Waals surface area contributed by atoms with Gasteiger partial charge >= 0.3 is 0 Å². The Labute approximate surface area is 149 Å². The number of nitrogens with zero attached hydrogens (tertiary/aromatic N) is 1. The predicted octanol–water partition coefficient (Wildman–Crippen LogP) is 3.32. The molecule has 4 heteroatoms. The number of rotatable bonds is 6. The molecule has 0 saturated heterocycles. The van der Waals surface area contributed by atoms with Crippen molar-refractivity contribution in [1.29, 1.82) is 0 Å². The van der Waals surface area contributed by atoms with Crippen LogP contribution in [-0.2, 0) is 16.0 Å². The summed E-state index contributed by atoms with van der Waals surface area (Å²) in [4.78, 5) is 25.8. The van der Waals surface area contributed by atoms with Crippen molar-refractivity contribution in [1.82, 2.24) is 5.32 Å². The quantitative estimate of drug-likeness (QED) is 0.878. The molecule has 0 fully saturated rings. The van der Waals surface area contributed by atoms with Crippen molar-refractivity contribution in [2.75, 3.05) is 18.0 Å². The molecule has 4 nitrogen and oxygen atoms in total. The highest BCUT2D eigenvalue weighted by molar-refractivity contribution is 5.91. The van der Waals surface area contributed by atoms with Gasteiger partial charge < -0.3 is 10.2 Å². The number of carbonyl (C=O) groups excluding carboxylic acids is 2. The van der Waals surface area contributed by atoms with Crippen LogP contribution in [-0.4, -0.2) is 24.9 Å². The van der Waals surface area contributed by atoms with Crippen LogP contribution in [0.15, 0.2) is 42.5 Å². The molecular formula is C21H26N2O2. The first-order chi connectivity index (χ1) is 11.8. The highest BCUT2D eigenvalue weighted by Crippen LogP contribution is 2.18. The van der Waals surface area contributed by atoms with Crippen molar-refractivity contribution in [3.8, 4) is 0 Å². The zero-order valence-electron chi connectivity index (χ0n) is 15.4. The molecule has 1 N–H and O–H groups in total. The molecule has 0 aliphatic rings. The van der Waals surface area contributed by atoms with E-state index in [1.54, 1.807) is 11.8 Å². The van der Waals surface area contributed by atoms with Crippen molar-refractivity contribution in [3.05, 3.63) is 64.7 Å². The molecule has 0 atom stereocenters. The SMILES string of the molecule is CC(=O)N(CCNC(=O)Cc1ccc(C)cc1)c1cc(C)cc(C)c1. The van der Waals surface area contributed by atoms with E-state index in [2.05, 4.69) is 11.4 Å². The highest BCUT2D eigenvalue weighted by Gasteiger charge is 2.12. The van der Waals surface area contributed by atoms with E-state index in [1.807, 2.05) is 57.2 Å². The smallest absolute Gasteiger partial charge is 0.224 e. The number of amides is 2.